The van der Waals surface area contributed by atoms with Crippen molar-refractivity contribution in [2.24, 2.45) is 7.05 Å². The van der Waals surface area contributed by atoms with E-state index in [0.717, 1.165) is 0 Å². The molecule has 3 atom stereocenters. The van der Waals surface area contributed by atoms with Crippen LogP contribution >= 0.6 is 11.6 Å². The number of nitriles is 1. The third kappa shape index (κ3) is 4.88. The first-order valence-electron chi connectivity index (χ1n) is 13.9. The number of aromatic nitrogens is 3. The van der Waals surface area contributed by atoms with Crippen LogP contribution in [0.1, 0.15) is 63.8 Å². The number of hydrogen-bond donors (Lipinski definition) is 1. The molecule has 43 heavy (non-hydrogen) atoms. The maximum atomic E-state index is 16.8. The summed E-state index contributed by atoms with van der Waals surface area (Å²) in [5.41, 5.74) is -1.40. The number of fused-ring (bicyclic) bond motifs is 1. The van der Waals surface area contributed by atoms with Crippen molar-refractivity contribution in [3.8, 4) is 6.07 Å². The van der Waals surface area contributed by atoms with Crippen LogP contribution in [-0.4, -0.2) is 49.8 Å². The first-order valence-corrected chi connectivity index (χ1v) is 14.3. The quantitative estimate of drug-likeness (QED) is 0.309. The molecule has 0 spiro atoms. The summed E-state index contributed by atoms with van der Waals surface area (Å²) < 4.78 is 30.8. The number of nitrogens with zero attached hydrogens (tertiary/aromatic N) is 5. The predicted octanol–water partition coefficient (Wildman–Crippen LogP) is 4.79. The van der Waals surface area contributed by atoms with Crippen LogP contribution in [0.5, 0.6) is 0 Å². The molecule has 4 aromatic rings. The number of halogens is 2. The maximum absolute atomic E-state index is 16.8. The van der Waals surface area contributed by atoms with Gasteiger partial charge in [-0.15, -0.1) is 0 Å². The van der Waals surface area contributed by atoms with Crippen molar-refractivity contribution < 1.29 is 23.8 Å². The van der Waals surface area contributed by atoms with Crippen LogP contribution in [0.15, 0.2) is 67.3 Å². The van der Waals surface area contributed by atoms with Gasteiger partial charge >= 0.3 is 0 Å². The Hall–Kier alpha value is -4.14. The molecular weight excluding hydrogens is 573 g/mol. The summed E-state index contributed by atoms with van der Waals surface area (Å²) in [7, 11) is 1.78. The minimum atomic E-state index is -1.71. The van der Waals surface area contributed by atoms with Gasteiger partial charge < -0.3 is 19.1 Å². The molecule has 0 saturated carbocycles. The molecule has 9 nitrogen and oxygen atoms in total. The first kappa shape index (κ1) is 29.0. The number of hydrogen-bond acceptors (Lipinski definition) is 7. The second-order valence-corrected chi connectivity index (χ2v) is 11.3. The fourth-order valence-corrected chi connectivity index (χ4v) is 6.01. The Kier molecular flexibility index (Phi) is 7.52. The molecule has 1 saturated heterocycles. The van der Waals surface area contributed by atoms with Crippen LogP contribution in [0, 0.1) is 17.1 Å². The van der Waals surface area contributed by atoms with Crippen molar-refractivity contribution in [1.29, 1.82) is 5.26 Å². The molecule has 1 amide bonds. The number of amides is 1. The second-order valence-electron chi connectivity index (χ2n) is 10.8. The molecule has 11 heteroatoms. The van der Waals surface area contributed by atoms with Gasteiger partial charge in [-0.2, -0.15) is 5.26 Å². The molecule has 6 rings (SSSR count). The lowest BCUT2D eigenvalue weighted by molar-refractivity contribution is -0.148. The van der Waals surface area contributed by atoms with Crippen LogP contribution < -0.4 is 0 Å². The third-order valence-electron chi connectivity index (χ3n) is 8.14. The van der Waals surface area contributed by atoms with Crippen LogP contribution in [0.4, 0.5) is 4.39 Å². The summed E-state index contributed by atoms with van der Waals surface area (Å²) in [5, 5.41) is 21.5. The maximum Gasteiger partial charge on any atom is 0.257 e. The topological polar surface area (TPSA) is 114 Å². The number of carbonyl (C=O) groups excluding carboxylic acids is 1. The highest BCUT2D eigenvalue weighted by molar-refractivity contribution is 6.30. The number of imidazole rings is 1. The standard InChI is InChI=1S/C32H29ClFN5O4/c1-3-31(41,28-17-38(2)19-37-28)22-12-26-29(27(34)13-22)32(43-25-10-11-42-18-25,21-5-7-23(33)8-6-21)39(30(26)40)16-24-9-4-20(14-35)15-36-24/h4-9,12-13,15,17,19,25,41H,3,10-11,16,18H2,1-2H3/t25-,31?,32+/m0/s1. The van der Waals surface area contributed by atoms with Crippen LogP contribution in [-0.2, 0) is 34.4 Å². The zero-order chi connectivity index (χ0) is 30.4. The number of benzene rings is 2. The van der Waals surface area contributed by atoms with Crippen molar-refractivity contribution in [3.05, 3.63) is 117 Å². The summed E-state index contributed by atoms with van der Waals surface area (Å²) in [6, 6.07) is 14.8. The number of aliphatic hydroxyl groups is 1. The highest BCUT2D eigenvalue weighted by Crippen LogP contribution is 2.50. The van der Waals surface area contributed by atoms with E-state index < -0.39 is 29.2 Å². The number of ether oxygens (including phenoxy) is 2. The lowest BCUT2D eigenvalue weighted by Gasteiger charge is -2.41. The molecule has 0 radical (unpaired) electrons. The predicted molar refractivity (Wildman–Crippen MR) is 154 cm³/mol. The van der Waals surface area contributed by atoms with Crippen molar-refractivity contribution in [3.63, 3.8) is 0 Å². The zero-order valence-electron chi connectivity index (χ0n) is 23.6. The Morgan fingerprint density at radius 3 is 2.65 bits per heavy atom. The molecule has 2 aliphatic heterocycles. The molecule has 1 fully saturated rings. The van der Waals surface area contributed by atoms with E-state index in [0.29, 0.717) is 40.6 Å². The summed E-state index contributed by atoms with van der Waals surface area (Å²) in [4.78, 5) is 24.6. The molecule has 2 aromatic carbocycles. The van der Waals surface area contributed by atoms with Gasteiger partial charge in [0.1, 0.15) is 17.5 Å². The monoisotopic (exact) mass is 601 g/mol. The Labute approximate surface area is 253 Å². The average molecular weight is 602 g/mol. The summed E-state index contributed by atoms with van der Waals surface area (Å²) in [5.74, 6) is -1.22. The molecule has 220 valence electrons. The first-order chi connectivity index (χ1) is 20.7. The van der Waals surface area contributed by atoms with E-state index >= 15 is 4.39 Å². The van der Waals surface area contributed by atoms with Crippen molar-refractivity contribution in [2.45, 2.75) is 43.7 Å². The fraction of sp³-hybridized carbons (Fsp3) is 0.312. The van der Waals surface area contributed by atoms with Crippen LogP contribution in [0.25, 0.3) is 0 Å². The van der Waals surface area contributed by atoms with Crippen LogP contribution in [0.3, 0.4) is 0 Å². The van der Waals surface area contributed by atoms with Gasteiger partial charge in [-0.05, 0) is 54.8 Å². The minimum Gasteiger partial charge on any atom is -0.379 e. The normalized spacial score (nSPS) is 21.1. The SMILES string of the molecule is CCC(O)(c1cc(F)c2c(c1)C(=O)N(Cc1ccc(C#N)cn1)[C@@]2(O[C@H]1CCOC1)c1ccc(Cl)cc1)c1cn(C)cn1. The number of rotatable bonds is 8. The molecule has 0 bridgehead atoms. The van der Waals surface area contributed by atoms with E-state index in [4.69, 9.17) is 21.1 Å². The van der Waals surface area contributed by atoms with E-state index in [1.54, 1.807) is 67.5 Å². The lowest BCUT2D eigenvalue weighted by Crippen LogP contribution is -2.49. The lowest BCUT2D eigenvalue weighted by atomic mass is 9.84. The van der Waals surface area contributed by atoms with Crippen LogP contribution in [0.2, 0.25) is 5.02 Å². The van der Waals surface area contributed by atoms with Crippen molar-refractivity contribution >= 4 is 17.5 Å². The van der Waals surface area contributed by atoms with Gasteiger partial charge in [0.2, 0.25) is 5.72 Å². The summed E-state index contributed by atoms with van der Waals surface area (Å²) in [6.45, 7) is 2.46. The summed E-state index contributed by atoms with van der Waals surface area (Å²) >= 11 is 6.25. The highest BCUT2D eigenvalue weighted by Gasteiger charge is 2.56. The number of pyridine rings is 1. The highest BCUT2D eigenvalue weighted by atomic mass is 35.5. The van der Waals surface area contributed by atoms with Crippen molar-refractivity contribution in [1.82, 2.24) is 19.4 Å². The average Bonchev–Trinajstić information content (AvgIpc) is 3.75. The Morgan fingerprint density at radius 2 is 2.05 bits per heavy atom. The Bertz CT molecular complexity index is 1720. The van der Waals surface area contributed by atoms with Crippen molar-refractivity contribution in [2.75, 3.05) is 13.2 Å². The van der Waals surface area contributed by atoms with Gasteiger partial charge in [-0.1, -0.05) is 30.7 Å². The smallest absolute Gasteiger partial charge is 0.257 e. The van der Waals surface area contributed by atoms with E-state index in [1.807, 2.05) is 6.07 Å². The Morgan fingerprint density at radius 1 is 1.26 bits per heavy atom. The zero-order valence-corrected chi connectivity index (χ0v) is 24.4. The van der Waals surface area contributed by atoms with Gasteiger partial charge in [-0.3, -0.25) is 14.7 Å². The van der Waals surface area contributed by atoms with Gasteiger partial charge in [0.15, 0.2) is 0 Å². The van der Waals surface area contributed by atoms with Gasteiger partial charge in [0.25, 0.3) is 5.91 Å². The molecule has 1 N–H and O–H groups in total. The Balaban J connectivity index is 1.58. The van der Waals surface area contributed by atoms with Gasteiger partial charge in [0.05, 0.1) is 53.7 Å². The van der Waals surface area contributed by atoms with E-state index in [9.17, 15) is 15.2 Å². The number of carbonyl (C=O) groups is 1. The second kappa shape index (κ2) is 11.2. The molecule has 4 heterocycles. The van der Waals surface area contributed by atoms with E-state index in [1.165, 1.54) is 23.2 Å². The minimum absolute atomic E-state index is 0.0311. The molecule has 1 unspecified atom stereocenters. The van der Waals surface area contributed by atoms with Gasteiger partial charge in [-0.25, -0.2) is 9.37 Å². The largest absolute Gasteiger partial charge is 0.379 e. The molecule has 0 aliphatic carbocycles. The summed E-state index contributed by atoms with van der Waals surface area (Å²) in [6.07, 6.45) is 4.95. The third-order valence-corrected chi connectivity index (χ3v) is 8.39. The van der Waals surface area contributed by atoms with E-state index in [2.05, 4.69) is 9.97 Å². The molecular formula is C32H29ClFN5O4. The van der Waals surface area contributed by atoms with E-state index in [-0.39, 0.29) is 36.3 Å². The fourth-order valence-electron chi connectivity index (χ4n) is 5.88. The number of aryl methyl sites for hydroxylation is 1. The molecule has 2 aromatic heterocycles. The molecule has 2 aliphatic rings. The van der Waals surface area contributed by atoms with Gasteiger partial charge in [0, 0.05) is 36.6 Å².